The zero-order valence-electron chi connectivity index (χ0n) is 9.37. The van der Waals surface area contributed by atoms with Crippen molar-refractivity contribution in [2.75, 3.05) is 7.11 Å². The Morgan fingerprint density at radius 3 is 2.27 bits per heavy atom. The van der Waals surface area contributed by atoms with Gasteiger partial charge in [0.05, 0.1) is 12.6 Å². The first-order chi connectivity index (χ1) is 6.90. The first-order valence-electron chi connectivity index (χ1n) is 5.08. The second-order valence-corrected chi connectivity index (χ2v) is 4.37. The van der Waals surface area contributed by atoms with Gasteiger partial charge in [-0.05, 0) is 18.8 Å². The Kier molecular flexibility index (Phi) is 3.34. The van der Waals surface area contributed by atoms with Crippen LogP contribution in [0.15, 0.2) is 0 Å². The van der Waals surface area contributed by atoms with Crippen LogP contribution in [0.4, 0.5) is 0 Å². The fraction of sp³-hybridized carbons (Fsp3) is 0.800. The Hall–Kier alpha value is -1.10. The summed E-state index contributed by atoms with van der Waals surface area (Å²) < 4.78 is 4.61. The third kappa shape index (κ3) is 2.68. The van der Waals surface area contributed by atoms with Gasteiger partial charge >= 0.3 is 5.97 Å². The van der Waals surface area contributed by atoms with Crippen molar-refractivity contribution in [3.63, 3.8) is 0 Å². The van der Waals surface area contributed by atoms with E-state index in [4.69, 9.17) is 5.73 Å². The molecule has 1 saturated carbocycles. The molecule has 0 heterocycles. The van der Waals surface area contributed by atoms with Crippen LogP contribution in [0.25, 0.3) is 0 Å². The van der Waals surface area contributed by atoms with E-state index in [1.54, 1.807) is 0 Å². The Morgan fingerprint density at radius 1 is 1.40 bits per heavy atom. The molecular formula is C10H18N2O3. The predicted molar refractivity (Wildman–Crippen MR) is 54.9 cm³/mol. The molecule has 0 unspecified atom stereocenters. The van der Waals surface area contributed by atoms with Crippen LogP contribution in [0.3, 0.4) is 0 Å². The lowest BCUT2D eigenvalue weighted by atomic mass is 10.0. The third-order valence-electron chi connectivity index (χ3n) is 2.65. The van der Waals surface area contributed by atoms with E-state index >= 15 is 0 Å². The average Bonchev–Trinajstić information content (AvgIpc) is 2.92. The molecule has 1 aliphatic carbocycles. The maximum absolute atomic E-state index is 11.6. The smallest absolute Gasteiger partial charge is 0.328 e. The fourth-order valence-corrected chi connectivity index (χ4v) is 1.27. The van der Waals surface area contributed by atoms with Gasteiger partial charge in [0.1, 0.15) is 6.04 Å². The highest BCUT2D eigenvalue weighted by atomic mass is 16.5. The van der Waals surface area contributed by atoms with Crippen LogP contribution in [-0.2, 0) is 14.3 Å². The Bertz CT molecular complexity index is 272. The SMILES string of the molecule is COC(=O)[C@@H](NC(=O)C1(N)CC1)C(C)C. The van der Waals surface area contributed by atoms with Gasteiger partial charge in [-0.15, -0.1) is 0 Å². The Labute approximate surface area is 89.3 Å². The summed E-state index contributed by atoms with van der Waals surface area (Å²) >= 11 is 0. The highest BCUT2D eigenvalue weighted by Gasteiger charge is 2.47. The molecular weight excluding hydrogens is 196 g/mol. The maximum Gasteiger partial charge on any atom is 0.328 e. The lowest BCUT2D eigenvalue weighted by Gasteiger charge is -2.21. The maximum atomic E-state index is 11.6. The first kappa shape index (κ1) is 12.0. The minimum Gasteiger partial charge on any atom is -0.467 e. The number of nitrogens with one attached hydrogen (secondary N) is 1. The molecule has 3 N–H and O–H groups in total. The molecule has 0 saturated heterocycles. The van der Waals surface area contributed by atoms with Gasteiger partial charge in [-0.3, -0.25) is 4.79 Å². The van der Waals surface area contributed by atoms with E-state index in [-0.39, 0.29) is 11.8 Å². The molecule has 0 aromatic carbocycles. The highest BCUT2D eigenvalue weighted by Crippen LogP contribution is 2.32. The van der Waals surface area contributed by atoms with E-state index in [1.807, 2.05) is 13.8 Å². The highest BCUT2D eigenvalue weighted by molar-refractivity contribution is 5.92. The second-order valence-electron chi connectivity index (χ2n) is 4.37. The molecule has 0 radical (unpaired) electrons. The molecule has 0 bridgehead atoms. The first-order valence-corrected chi connectivity index (χ1v) is 5.08. The molecule has 5 heteroatoms. The van der Waals surface area contributed by atoms with Gasteiger partial charge in [-0.25, -0.2) is 4.79 Å². The summed E-state index contributed by atoms with van der Waals surface area (Å²) in [6.45, 7) is 3.69. The van der Waals surface area contributed by atoms with E-state index in [0.29, 0.717) is 12.8 Å². The molecule has 86 valence electrons. The van der Waals surface area contributed by atoms with E-state index in [9.17, 15) is 9.59 Å². The summed E-state index contributed by atoms with van der Waals surface area (Å²) in [7, 11) is 1.30. The molecule has 0 spiro atoms. The lowest BCUT2D eigenvalue weighted by Crippen LogP contribution is -2.52. The Morgan fingerprint density at radius 2 is 1.93 bits per heavy atom. The van der Waals surface area contributed by atoms with Gasteiger partial charge in [0.15, 0.2) is 0 Å². The van der Waals surface area contributed by atoms with Crippen molar-refractivity contribution in [3.05, 3.63) is 0 Å². The number of hydrogen-bond acceptors (Lipinski definition) is 4. The van der Waals surface area contributed by atoms with Crippen LogP contribution in [0.5, 0.6) is 0 Å². The molecule has 0 aliphatic heterocycles. The molecule has 1 fully saturated rings. The van der Waals surface area contributed by atoms with Gasteiger partial charge in [-0.2, -0.15) is 0 Å². The number of carbonyl (C=O) groups excluding carboxylic acids is 2. The van der Waals surface area contributed by atoms with Gasteiger partial charge in [-0.1, -0.05) is 13.8 Å². The van der Waals surface area contributed by atoms with Crippen molar-refractivity contribution < 1.29 is 14.3 Å². The molecule has 1 amide bonds. The summed E-state index contributed by atoms with van der Waals surface area (Å²) in [5.41, 5.74) is 4.97. The summed E-state index contributed by atoms with van der Waals surface area (Å²) in [5.74, 6) is -0.696. The van der Waals surface area contributed by atoms with Crippen molar-refractivity contribution in [1.29, 1.82) is 0 Å². The number of methoxy groups -OCH3 is 1. The third-order valence-corrected chi connectivity index (χ3v) is 2.65. The summed E-state index contributed by atoms with van der Waals surface area (Å²) in [4.78, 5) is 23.0. The van der Waals surface area contributed by atoms with Crippen molar-refractivity contribution >= 4 is 11.9 Å². The number of nitrogens with two attached hydrogens (primary N) is 1. The van der Waals surface area contributed by atoms with E-state index in [0.717, 1.165) is 0 Å². The molecule has 0 aromatic rings. The zero-order valence-corrected chi connectivity index (χ0v) is 9.37. The normalized spacial score (nSPS) is 19.5. The van der Waals surface area contributed by atoms with Crippen LogP contribution in [0.1, 0.15) is 26.7 Å². The van der Waals surface area contributed by atoms with Crippen LogP contribution in [0.2, 0.25) is 0 Å². The fourth-order valence-electron chi connectivity index (χ4n) is 1.27. The minimum absolute atomic E-state index is 0.0104. The molecule has 0 aromatic heterocycles. The summed E-state index contributed by atoms with van der Waals surface area (Å²) in [6, 6.07) is -0.608. The molecule has 15 heavy (non-hydrogen) atoms. The second kappa shape index (κ2) is 4.18. The van der Waals surface area contributed by atoms with Crippen molar-refractivity contribution in [1.82, 2.24) is 5.32 Å². The monoisotopic (exact) mass is 214 g/mol. The van der Waals surface area contributed by atoms with E-state index in [2.05, 4.69) is 10.1 Å². The Balaban J connectivity index is 2.59. The molecule has 5 nitrogen and oxygen atoms in total. The zero-order chi connectivity index (χ0) is 11.6. The summed E-state index contributed by atoms with van der Waals surface area (Å²) in [5, 5.41) is 2.63. The minimum atomic E-state index is -0.749. The predicted octanol–water partition coefficient (Wildman–Crippen LogP) is -0.208. The number of ether oxygens (including phenoxy) is 1. The standard InChI is InChI=1S/C10H18N2O3/c1-6(2)7(8(13)15-3)12-9(14)10(11)4-5-10/h6-7H,4-5,11H2,1-3H3,(H,12,14)/t7-/m0/s1. The molecule has 1 rings (SSSR count). The van der Waals surface area contributed by atoms with Gasteiger partial charge < -0.3 is 15.8 Å². The van der Waals surface area contributed by atoms with Gasteiger partial charge in [0.25, 0.3) is 0 Å². The van der Waals surface area contributed by atoms with Crippen molar-refractivity contribution in [3.8, 4) is 0 Å². The molecule has 1 atom stereocenters. The van der Waals surface area contributed by atoms with Crippen molar-refractivity contribution in [2.24, 2.45) is 11.7 Å². The van der Waals surface area contributed by atoms with Crippen LogP contribution in [-0.4, -0.2) is 30.6 Å². The van der Waals surface area contributed by atoms with Crippen molar-refractivity contribution in [2.45, 2.75) is 38.3 Å². The van der Waals surface area contributed by atoms with E-state index in [1.165, 1.54) is 7.11 Å². The van der Waals surface area contributed by atoms with Crippen LogP contribution in [0, 0.1) is 5.92 Å². The number of carbonyl (C=O) groups is 2. The number of rotatable bonds is 4. The average molecular weight is 214 g/mol. The quantitative estimate of drug-likeness (QED) is 0.634. The van der Waals surface area contributed by atoms with Crippen LogP contribution >= 0.6 is 0 Å². The lowest BCUT2D eigenvalue weighted by molar-refractivity contribution is -0.146. The number of esters is 1. The molecule has 1 aliphatic rings. The largest absolute Gasteiger partial charge is 0.467 e. The number of hydrogen-bond donors (Lipinski definition) is 2. The summed E-state index contributed by atoms with van der Waals surface area (Å²) in [6.07, 6.45) is 1.37. The topological polar surface area (TPSA) is 81.4 Å². The van der Waals surface area contributed by atoms with Gasteiger partial charge in [0.2, 0.25) is 5.91 Å². The van der Waals surface area contributed by atoms with E-state index < -0.39 is 17.6 Å². The van der Waals surface area contributed by atoms with Crippen LogP contribution < -0.4 is 11.1 Å². The number of amides is 1. The van der Waals surface area contributed by atoms with Gasteiger partial charge in [0, 0.05) is 0 Å².